The second-order valence-electron chi connectivity index (χ2n) is 5.35. The van der Waals surface area contributed by atoms with E-state index in [9.17, 15) is 13.2 Å². The third-order valence-electron chi connectivity index (χ3n) is 3.72. The number of hydrogen-bond acceptors (Lipinski definition) is 6. The van der Waals surface area contributed by atoms with Gasteiger partial charge in [0.25, 0.3) is 10.0 Å². The predicted octanol–water partition coefficient (Wildman–Crippen LogP) is 1.43. The highest BCUT2D eigenvalue weighted by Gasteiger charge is 2.20. The highest BCUT2D eigenvalue weighted by molar-refractivity contribution is 7.92. The summed E-state index contributed by atoms with van der Waals surface area (Å²) in [7, 11) is -2.49. The van der Waals surface area contributed by atoms with Crippen LogP contribution in [0.2, 0.25) is 0 Å². The monoisotopic (exact) mass is 351 g/mol. The lowest BCUT2D eigenvalue weighted by molar-refractivity contribution is 0.0600. The van der Waals surface area contributed by atoms with E-state index in [1.807, 2.05) is 0 Å². The van der Waals surface area contributed by atoms with Gasteiger partial charge in [-0.2, -0.15) is 5.10 Å². The Labute approximate surface area is 139 Å². The Morgan fingerprint density at radius 2 is 2.12 bits per heavy atom. The summed E-state index contributed by atoms with van der Waals surface area (Å²) in [5, 5.41) is 4.17. The number of hydrogen-bond donors (Lipinski definition) is 1. The third kappa shape index (κ3) is 3.41. The number of anilines is 1. The van der Waals surface area contributed by atoms with Crippen LogP contribution in [0.1, 0.15) is 22.8 Å². The van der Waals surface area contributed by atoms with Gasteiger partial charge in [-0.05, 0) is 30.7 Å². The summed E-state index contributed by atoms with van der Waals surface area (Å²) in [5.74, 6) is -0.521. The van der Waals surface area contributed by atoms with Gasteiger partial charge in [-0.15, -0.1) is 0 Å². The molecule has 0 spiro atoms. The topological polar surface area (TPSA) is 99.5 Å². The van der Waals surface area contributed by atoms with E-state index in [0.29, 0.717) is 18.9 Å². The standard InChI is InChI=1S/C15H17N3O5S/c1-22-15(19)11-2-4-14(5-3-11)24(20,21)17-12-8-16-18(9-12)13-6-7-23-10-13/h2-5,8-9,13,17H,6-7,10H2,1H3. The number of nitrogens with zero attached hydrogens (tertiary/aromatic N) is 2. The first kappa shape index (κ1) is 16.5. The molecule has 0 amide bonds. The van der Waals surface area contributed by atoms with Gasteiger partial charge in [0, 0.05) is 12.8 Å². The van der Waals surface area contributed by atoms with E-state index in [-0.39, 0.29) is 16.5 Å². The number of sulfonamides is 1. The van der Waals surface area contributed by atoms with Crippen LogP contribution in [0.4, 0.5) is 5.69 Å². The number of nitrogens with one attached hydrogen (secondary N) is 1. The molecule has 1 N–H and O–H groups in total. The first-order valence-electron chi connectivity index (χ1n) is 7.33. The van der Waals surface area contributed by atoms with E-state index < -0.39 is 16.0 Å². The number of carbonyl (C=O) groups excluding carboxylic acids is 1. The van der Waals surface area contributed by atoms with E-state index >= 15 is 0 Å². The van der Waals surface area contributed by atoms with Crippen LogP contribution in [0.25, 0.3) is 0 Å². The smallest absolute Gasteiger partial charge is 0.337 e. The summed E-state index contributed by atoms with van der Waals surface area (Å²) in [6.07, 6.45) is 3.95. The molecule has 1 fully saturated rings. The van der Waals surface area contributed by atoms with Gasteiger partial charge >= 0.3 is 5.97 Å². The molecular weight excluding hydrogens is 334 g/mol. The molecule has 128 valence electrons. The van der Waals surface area contributed by atoms with E-state index in [2.05, 4.69) is 14.6 Å². The zero-order valence-electron chi connectivity index (χ0n) is 13.0. The Morgan fingerprint density at radius 1 is 1.38 bits per heavy atom. The van der Waals surface area contributed by atoms with E-state index in [1.54, 1.807) is 10.9 Å². The molecule has 2 aromatic rings. The van der Waals surface area contributed by atoms with Gasteiger partial charge in [-0.3, -0.25) is 9.40 Å². The van der Waals surface area contributed by atoms with Crippen LogP contribution >= 0.6 is 0 Å². The molecule has 1 saturated heterocycles. The molecule has 1 aliphatic heterocycles. The Balaban J connectivity index is 1.75. The van der Waals surface area contributed by atoms with Crippen molar-refractivity contribution in [2.24, 2.45) is 0 Å². The largest absolute Gasteiger partial charge is 0.465 e. The van der Waals surface area contributed by atoms with Crippen molar-refractivity contribution < 1.29 is 22.7 Å². The van der Waals surface area contributed by atoms with Gasteiger partial charge in [0.15, 0.2) is 0 Å². The molecule has 0 radical (unpaired) electrons. The lowest BCUT2D eigenvalue weighted by Gasteiger charge is -2.08. The molecule has 2 heterocycles. The van der Waals surface area contributed by atoms with Crippen molar-refractivity contribution in [3.05, 3.63) is 42.2 Å². The quantitative estimate of drug-likeness (QED) is 0.818. The average Bonchev–Trinajstić information content (AvgIpc) is 3.25. The molecule has 1 aromatic carbocycles. The van der Waals surface area contributed by atoms with Gasteiger partial charge < -0.3 is 9.47 Å². The summed E-state index contributed by atoms with van der Waals surface area (Å²) >= 11 is 0. The maximum atomic E-state index is 12.4. The molecule has 8 nitrogen and oxygen atoms in total. The molecule has 9 heteroatoms. The van der Waals surface area contributed by atoms with Crippen LogP contribution in [-0.2, 0) is 19.5 Å². The molecule has 0 bridgehead atoms. The van der Waals surface area contributed by atoms with Crippen molar-refractivity contribution in [1.82, 2.24) is 9.78 Å². The fraction of sp³-hybridized carbons (Fsp3) is 0.333. The van der Waals surface area contributed by atoms with Crippen LogP contribution in [0.3, 0.4) is 0 Å². The first-order valence-corrected chi connectivity index (χ1v) is 8.81. The zero-order valence-corrected chi connectivity index (χ0v) is 13.8. The predicted molar refractivity (Wildman–Crippen MR) is 85.3 cm³/mol. The highest BCUT2D eigenvalue weighted by atomic mass is 32.2. The summed E-state index contributed by atoms with van der Waals surface area (Å²) in [5.41, 5.74) is 0.657. The summed E-state index contributed by atoms with van der Waals surface area (Å²) in [6, 6.07) is 5.63. The van der Waals surface area contributed by atoms with Crippen LogP contribution < -0.4 is 4.72 Å². The first-order chi connectivity index (χ1) is 11.5. The van der Waals surface area contributed by atoms with Gasteiger partial charge in [0.2, 0.25) is 0 Å². The molecule has 1 aliphatic rings. The van der Waals surface area contributed by atoms with Crippen molar-refractivity contribution in [3.63, 3.8) is 0 Å². The molecule has 1 unspecified atom stereocenters. The fourth-order valence-electron chi connectivity index (χ4n) is 2.42. The van der Waals surface area contributed by atoms with Crippen LogP contribution in [0.15, 0.2) is 41.6 Å². The lowest BCUT2D eigenvalue weighted by atomic mass is 10.2. The maximum Gasteiger partial charge on any atom is 0.337 e. The summed E-state index contributed by atoms with van der Waals surface area (Å²) in [4.78, 5) is 11.4. The number of carbonyl (C=O) groups is 1. The molecule has 0 saturated carbocycles. The summed E-state index contributed by atoms with van der Waals surface area (Å²) < 4.78 is 38.8. The highest BCUT2D eigenvalue weighted by Crippen LogP contribution is 2.21. The summed E-state index contributed by atoms with van der Waals surface area (Å²) in [6.45, 7) is 1.25. The van der Waals surface area contributed by atoms with Gasteiger partial charge in [-0.25, -0.2) is 13.2 Å². The molecule has 1 aromatic heterocycles. The maximum absolute atomic E-state index is 12.4. The van der Waals surface area contributed by atoms with E-state index in [1.165, 1.54) is 37.6 Å². The number of benzene rings is 1. The second-order valence-corrected chi connectivity index (χ2v) is 7.03. The number of ether oxygens (including phenoxy) is 2. The molecule has 24 heavy (non-hydrogen) atoms. The van der Waals surface area contributed by atoms with Crippen molar-refractivity contribution in [2.75, 3.05) is 25.0 Å². The molecular formula is C15H17N3O5S. The minimum absolute atomic E-state index is 0.0482. The van der Waals surface area contributed by atoms with Crippen molar-refractivity contribution in [3.8, 4) is 0 Å². The Kier molecular flexibility index (Phi) is 4.54. The minimum Gasteiger partial charge on any atom is -0.465 e. The number of methoxy groups -OCH3 is 1. The second kappa shape index (κ2) is 6.62. The molecule has 0 aliphatic carbocycles. The van der Waals surface area contributed by atoms with Crippen LogP contribution in [0, 0.1) is 0 Å². The van der Waals surface area contributed by atoms with Crippen molar-refractivity contribution in [1.29, 1.82) is 0 Å². The molecule has 3 rings (SSSR count). The fourth-order valence-corrected chi connectivity index (χ4v) is 3.45. The SMILES string of the molecule is COC(=O)c1ccc(S(=O)(=O)Nc2cnn(C3CCOC3)c2)cc1. The van der Waals surface area contributed by atoms with Crippen LogP contribution in [0.5, 0.6) is 0 Å². The third-order valence-corrected chi connectivity index (χ3v) is 5.12. The minimum atomic E-state index is -3.76. The zero-order chi connectivity index (χ0) is 17.2. The number of aromatic nitrogens is 2. The Hall–Kier alpha value is -2.39. The Morgan fingerprint density at radius 3 is 2.75 bits per heavy atom. The van der Waals surface area contributed by atoms with Gasteiger partial charge in [0.05, 0.1) is 42.1 Å². The van der Waals surface area contributed by atoms with E-state index in [0.717, 1.165) is 6.42 Å². The number of rotatable bonds is 5. The lowest BCUT2D eigenvalue weighted by Crippen LogP contribution is -2.13. The van der Waals surface area contributed by atoms with Crippen LogP contribution in [-0.4, -0.2) is 44.5 Å². The average molecular weight is 351 g/mol. The normalized spacial score (nSPS) is 17.6. The Bertz CT molecular complexity index is 823. The van der Waals surface area contributed by atoms with Crippen molar-refractivity contribution >= 4 is 21.7 Å². The van der Waals surface area contributed by atoms with E-state index in [4.69, 9.17) is 4.74 Å². The van der Waals surface area contributed by atoms with Crippen molar-refractivity contribution in [2.45, 2.75) is 17.4 Å². The molecule has 1 atom stereocenters. The number of esters is 1. The van der Waals surface area contributed by atoms with Gasteiger partial charge in [0.1, 0.15) is 0 Å². The van der Waals surface area contributed by atoms with Gasteiger partial charge in [-0.1, -0.05) is 0 Å².